The molecule has 0 bridgehead atoms. The van der Waals surface area contributed by atoms with E-state index in [1.54, 1.807) is 18.2 Å². The van der Waals surface area contributed by atoms with E-state index in [0.29, 0.717) is 5.88 Å². The number of hydrogen-bond donors (Lipinski definition) is 2. The Morgan fingerprint density at radius 2 is 2.06 bits per heavy atom. The van der Waals surface area contributed by atoms with E-state index in [2.05, 4.69) is 5.32 Å². The summed E-state index contributed by atoms with van der Waals surface area (Å²) in [4.78, 5) is 12.0. The summed E-state index contributed by atoms with van der Waals surface area (Å²) < 4.78 is 0. The maximum Gasteiger partial charge on any atom is 0.224 e. The van der Waals surface area contributed by atoms with Crippen LogP contribution in [0.1, 0.15) is 32.3 Å². The second-order valence-corrected chi connectivity index (χ2v) is 4.78. The third kappa shape index (κ3) is 3.91. The lowest BCUT2D eigenvalue weighted by Gasteiger charge is -2.30. The molecular weight excluding hydrogens is 250 g/mol. The highest BCUT2D eigenvalue weighted by molar-refractivity contribution is 6.18. The first kappa shape index (κ1) is 14.8. The van der Waals surface area contributed by atoms with Gasteiger partial charge in [-0.2, -0.15) is 0 Å². The average Bonchev–Trinajstić information content (AvgIpc) is 2.36. The Morgan fingerprint density at radius 3 is 2.56 bits per heavy atom. The zero-order valence-corrected chi connectivity index (χ0v) is 11.6. The van der Waals surface area contributed by atoms with Crippen LogP contribution >= 0.6 is 11.6 Å². The van der Waals surface area contributed by atoms with Gasteiger partial charge in [0.05, 0.1) is 12.0 Å². The maximum atomic E-state index is 12.0. The van der Waals surface area contributed by atoms with Crippen LogP contribution in [-0.4, -0.2) is 22.4 Å². The van der Waals surface area contributed by atoms with Crippen LogP contribution in [0.15, 0.2) is 24.3 Å². The Hall–Kier alpha value is -1.22. The number of rotatable bonds is 6. The maximum absolute atomic E-state index is 12.0. The monoisotopic (exact) mass is 269 g/mol. The minimum atomic E-state index is -0.324. The lowest BCUT2D eigenvalue weighted by atomic mass is 9.95. The SMILES string of the molecule is CCC(CC)(CCl)NC(=O)Cc1cccc(O)c1. The van der Waals surface area contributed by atoms with Crippen LogP contribution in [0.4, 0.5) is 0 Å². The molecule has 1 aromatic rings. The number of alkyl halides is 1. The number of amides is 1. The first-order valence-corrected chi connectivity index (χ1v) is 6.73. The molecule has 0 fully saturated rings. The molecule has 0 saturated heterocycles. The van der Waals surface area contributed by atoms with Crippen LogP contribution in [-0.2, 0) is 11.2 Å². The molecule has 2 N–H and O–H groups in total. The fourth-order valence-electron chi connectivity index (χ4n) is 1.84. The van der Waals surface area contributed by atoms with Gasteiger partial charge >= 0.3 is 0 Å². The number of carbonyl (C=O) groups is 1. The molecule has 0 aliphatic rings. The predicted octanol–water partition coefficient (Wildman–Crippen LogP) is 2.85. The molecule has 1 amide bonds. The third-order valence-corrected chi connectivity index (χ3v) is 3.80. The van der Waals surface area contributed by atoms with Crippen LogP contribution in [0.5, 0.6) is 5.75 Å². The van der Waals surface area contributed by atoms with E-state index in [-0.39, 0.29) is 23.6 Å². The Labute approximate surface area is 113 Å². The fourth-order valence-corrected chi connectivity index (χ4v) is 2.29. The summed E-state index contributed by atoms with van der Waals surface area (Å²) in [5.41, 5.74) is 0.471. The van der Waals surface area contributed by atoms with Crippen molar-refractivity contribution >= 4 is 17.5 Å². The number of nitrogens with one attached hydrogen (secondary N) is 1. The van der Waals surface area contributed by atoms with Crippen molar-refractivity contribution in [1.29, 1.82) is 0 Å². The van der Waals surface area contributed by atoms with Gasteiger partial charge in [0.15, 0.2) is 0 Å². The summed E-state index contributed by atoms with van der Waals surface area (Å²) in [5, 5.41) is 12.3. The van der Waals surface area contributed by atoms with E-state index in [9.17, 15) is 9.90 Å². The van der Waals surface area contributed by atoms with Crippen molar-refractivity contribution in [3.63, 3.8) is 0 Å². The van der Waals surface area contributed by atoms with Gasteiger partial charge in [0.1, 0.15) is 5.75 Å². The molecule has 0 aliphatic heterocycles. The van der Waals surface area contributed by atoms with Gasteiger partial charge in [0, 0.05) is 5.88 Å². The van der Waals surface area contributed by atoms with Crippen LogP contribution < -0.4 is 5.32 Å². The van der Waals surface area contributed by atoms with E-state index >= 15 is 0 Å². The normalized spacial score (nSPS) is 11.3. The van der Waals surface area contributed by atoms with Crippen LogP contribution in [0.3, 0.4) is 0 Å². The first-order chi connectivity index (χ1) is 8.55. The molecule has 0 aromatic heterocycles. The summed E-state index contributed by atoms with van der Waals surface area (Å²) in [5.74, 6) is 0.519. The molecule has 0 unspecified atom stereocenters. The van der Waals surface area contributed by atoms with Gasteiger partial charge in [-0.3, -0.25) is 4.79 Å². The van der Waals surface area contributed by atoms with Crippen molar-refractivity contribution in [3.05, 3.63) is 29.8 Å². The number of halogens is 1. The Kier molecular flexibility index (Phi) is 5.48. The van der Waals surface area contributed by atoms with Crippen LogP contribution in [0.2, 0.25) is 0 Å². The van der Waals surface area contributed by atoms with Crippen molar-refractivity contribution in [3.8, 4) is 5.75 Å². The van der Waals surface area contributed by atoms with Crippen molar-refractivity contribution < 1.29 is 9.90 Å². The number of hydrogen-bond acceptors (Lipinski definition) is 2. The Morgan fingerprint density at radius 1 is 1.39 bits per heavy atom. The molecule has 100 valence electrons. The highest BCUT2D eigenvalue weighted by Gasteiger charge is 2.26. The number of aromatic hydroxyl groups is 1. The molecule has 4 heteroatoms. The zero-order valence-electron chi connectivity index (χ0n) is 10.9. The lowest BCUT2D eigenvalue weighted by molar-refractivity contribution is -0.122. The van der Waals surface area contributed by atoms with Crippen molar-refractivity contribution in [1.82, 2.24) is 5.32 Å². The second-order valence-electron chi connectivity index (χ2n) is 4.52. The van der Waals surface area contributed by atoms with Crippen molar-refractivity contribution in [2.45, 2.75) is 38.6 Å². The highest BCUT2D eigenvalue weighted by atomic mass is 35.5. The van der Waals surface area contributed by atoms with E-state index < -0.39 is 0 Å². The molecule has 0 atom stereocenters. The summed E-state index contributed by atoms with van der Waals surface area (Å²) in [6.45, 7) is 4.03. The van der Waals surface area contributed by atoms with Gasteiger partial charge in [-0.05, 0) is 30.5 Å². The fraction of sp³-hybridized carbons (Fsp3) is 0.500. The van der Waals surface area contributed by atoms with Gasteiger partial charge in [-0.1, -0.05) is 26.0 Å². The smallest absolute Gasteiger partial charge is 0.224 e. The summed E-state index contributed by atoms with van der Waals surface area (Å²) in [7, 11) is 0. The zero-order chi connectivity index (χ0) is 13.6. The van der Waals surface area contributed by atoms with Gasteiger partial charge in [-0.15, -0.1) is 11.6 Å². The third-order valence-electron chi connectivity index (χ3n) is 3.29. The number of phenolic OH excluding ortho intramolecular Hbond substituents is 1. The molecule has 0 spiro atoms. The molecule has 18 heavy (non-hydrogen) atoms. The number of carbonyl (C=O) groups excluding carboxylic acids is 1. The summed E-state index contributed by atoms with van der Waals surface area (Å²) in [6.07, 6.45) is 1.87. The van der Waals surface area contributed by atoms with E-state index in [1.165, 1.54) is 0 Å². The van der Waals surface area contributed by atoms with E-state index in [0.717, 1.165) is 18.4 Å². The predicted molar refractivity (Wildman–Crippen MR) is 74.0 cm³/mol. The number of phenols is 1. The first-order valence-electron chi connectivity index (χ1n) is 6.20. The highest BCUT2D eigenvalue weighted by Crippen LogP contribution is 2.18. The second kappa shape index (κ2) is 6.64. The lowest BCUT2D eigenvalue weighted by Crippen LogP contribution is -2.49. The minimum Gasteiger partial charge on any atom is -0.508 e. The quantitative estimate of drug-likeness (QED) is 0.780. The molecule has 1 aromatic carbocycles. The van der Waals surface area contributed by atoms with Gasteiger partial charge in [0.2, 0.25) is 5.91 Å². The van der Waals surface area contributed by atoms with Crippen molar-refractivity contribution in [2.75, 3.05) is 5.88 Å². The van der Waals surface area contributed by atoms with Gasteiger partial charge in [0.25, 0.3) is 0 Å². The number of benzene rings is 1. The van der Waals surface area contributed by atoms with Crippen LogP contribution in [0, 0.1) is 0 Å². The topological polar surface area (TPSA) is 49.3 Å². The molecule has 0 heterocycles. The molecule has 3 nitrogen and oxygen atoms in total. The van der Waals surface area contributed by atoms with Crippen LogP contribution in [0.25, 0.3) is 0 Å². The summed E-state index contributed by atoms with van der Waals surface area (Å²) >= 11 is 5.94. The largest absolute Gasteiger partial charge is 0.508 e. The Balaban J connectivity index is 2.66. The average molecular weight is 270 g/mol. The van der Waals surface area contributed by atoms with Gasteiger partial charge < -0.3 is 10.4 Å². The standard InChI is InChI=1S/C14H20ClNO2/c1-3-14(4-2,10-15)16-13(18)9-11-6-5-7-12(17)8-11/h5-8,17H,3-4,9-10H2,1-2H3,(H,16,18). The molecule has 0 saturated carbocycles. The van der Waals surface area contributed by atoms with E-state index in [1.807, 2.05) is 19.9 Å². The summed E-state index contributed by atoms with van der Waals surface area (Å²) in [6, 6.07) is 6.73. The minimum absolute atomic E-state index is 0.0649. The van der Waals surface area contributed by atoms with Gasteiger partial charge in [-0.25, -0.2) is 0 Å². The van der Waals surface area contributed by atoms with Crippen molar-refractivity contribution in [2.24, 2.45) is 0 Å². The molecule has 1 rings (SSSR count). The molecular formula is C14H20ClNO2. The molecule has 0 radical (unpaired) electrons. The van der Waals surface area contributed by atoms with E-state index in [4.69, 9.17) is 11.6 Å². The molecule has 0 aliphatic carbocycles. The Bertz CT molecular complexity index is 394.